The molecule has 0 radical (unpaired) electrons. The van der Waals surface area contributed by atoms with Crippen LogP contribution >= 0.6 is 0 Å². The van der Waals surface area contributed by atoms with Crippen molar-refractivity contribution in [3.8, 4) is 16.9 Å². The van der Waals surface area contributed by atoms with E-state index in [1.807, 2.05) is 38.1 Å². The molecule has 0 bridgehead atoms. The maximum Gasteiger partial charge on any atom is 0.257 e. The van der Waals surface area contributed by atoms with E-state index in [-0.39, 0.29) is 5.56 Å². The fraction of sp³-hybridized carbons (Fsp3) is 0.533. The zero-order valence-corrected chi connectivity index (χ0v) is 22.4. The summed E-state index contributed by atoms with van der Waals surface area (Å²) in [5.41, 5.74) is 5.70. The van der Waals surface area contributed by atoms with Crippen molar-refractivity contribution >= 4 is 11.8 Å². The molecule has 8 heteroatoms. The van der Waals surface area contributed by atoms with Crippen molar-refractivity contribution in [3.63, 3.8) is 0 Å². The van der Waals surface area contributed by atoms with Gasteiger partial charge in [-0.25, -0.2) is 8.78 Å². The molecule has 2 fully saturated rings. The van der Waals surface area contributed by atoms with Gasteiger partial charge >= 0.3 is 0 Å². The standard InChI is InChI=1S/C30H39F2N3O3/c1-3-30(32,4-2)20-34-16-13-21(14-17-34)19-38-24-10-7-22(8-11-24)23-9-12-25(26(31)18-23)29(37)35-15-5-6-27(35)28(33)36/h7-12,18,21,27H,3-6,13-17,19-20H2,1-2H3,(H2,33,36). The van der Waals surface area contributed by atoms with Gasteiger partial charge in [-0.15, -0.1) is 0 Å². The van der Waals surface area contributed by atoms with Gasteiger partial charge in [0.1, 0.15) is 23.3 Å². The number of primary amides is 1. The molecule has 1 atom stereocenters. The van der Waals surface area contributed by atoms with Crippen molar-refractivity contribution in [2.75, 3.05) is 32.8 Å². The van der Waals surface area contributed by atoms with Gasteiger partial charge in [-0.1, -0.05) is 32.0 Å². The molecule has 2 aliphatic rings. The number of benzene rings is 2. The summed E-state index contributed by atoms with van der Waals surface area (Å²) in [5.74, 6) is -0.517. The lowest BCUT2D eigenvalue weighted by Crippen LogP contribution is -2.44. The Bertz CT molecular complexity index is 1110. The second-order valence-corrected chi connectivity index (χ2v) is 10.7. The van der Waals surface area contributed by atoms with Crippen LogP contribution in [0.3, 0.4) is 0 Å². The highest BCUT2D eigenvalue weighted by atomic mass is 19.1. The zero-order chi connectivity index (χ0) is 27.3. The van der Waals surface area contributed by atoms with Gasteiger partial charge < -0.3 is 20.3 Å². The van der Waals surface area contributed by atoms with Gasteiger partial charge in [0.05, 0.1) is 12.2 Å². The second-order valence-electron chi connectivity index (χ2n) is 10.7. The fourth-order valence-electron chi connectivity index (χ4n) is 5.47. The number of alkyl halides is 1. The Labute approximate surface area is 224 Å². The molecule has 0 spiro atoms. The molecule has 2 N–H and O–H groups in total. The van der Waals surface area contributed by atoms with E-state index in [1.54, 1.807) is 6.07 Å². The fourth-order valence-corrected chi connectivity index (χ4v) is 5.47. The minimum Gasteiger partial charge on any atom is -0.493 e. The lowest BCUT2D eigenvalue weighted by Gasteiger charge is -2.36. The first kappa shape index (κ1) is 28.0. The number of piperidine rings is 1. The van der Waals surface area contributed by atoms with E-state index in [4.69, 9.17) is 10.5 Å². The molecule has 2 saturated heterocycles. The van der Waals surface area contributed by atoms with Gasteiger partial charge in [0, 0.05) is 13.1 Å². The van der Waals surface area contributed by atoms with Crippen LogP contribution in [-0.2, 0) is 4.79 Å². The smallest absolute Gasteiger partial charge is 0.257 e. The molecule has 0 aliphatic carbocycles. The molecule has 38 heavy (non-hydrogen) atoms. The molecule has 2 amide bonds. The second kappa shape index (κ2) is 12.2. The summed E-state index contributed by atoms with van der Waals surface area (Å²) in [6, 6.07) is 11.3. The summed E-state index contributed by atoms with van der Waals surface area (Å²) in [7, 11) is 0. The Morgan fingerprint density at radius 2 is 1.66 bits per heavy atom. The van der Waals surface area contributed by atoms with Crippen LogP contribution in [-0.4, -0.2) is 66.1 Å². The Morgan fingerprint density at radius 1 is 1.00 bits per heavy atom. The number of amides is 2. The lowest BCUT2D eigenvalue weighted by atomic mass is 9.94. The predicted octanol–water partition coefficient (Wildman–Crippen LogP) is 5.20. The predicted molar refractivity (Wildman–Crippen MR) is 144 cm³/mol. The maximum atomic E-state index is 14.9. The summed E-state index contributed by atoms with van der Waals surface area (Å²) in [4.78, 5) is 28.0. The number of nitrogens with two attached hydrogens (primary N) is 1. The largest absolute Gasteiger partial charge is 0.493 e. The third kappa shape index (κ3) is 6.52. The number of carbonyl (C=O) groups is 2. The van der Waals surface area contributed by atoms with Gasteiger partial charge in [0.2, 0.25) is 5.91 Å². The minimum absolute atomic E-state index is 0.0607. The monoisotopic (exact) mass is 527 g/mol. The van der Waals surface area contributed by atoms with E-state index >= 15 is 0 Å². The summed E-state index contributed by atoms with van der Waals surface area (Å²) < 4.78 is 35.7. The van der Waals surface area contributed by atoms with Gasteiger partial charge in [-0.3, -0.25) is 9.59 Å². The van der Waals surface area contributed by atoms with Crippen molar-refractivity contribution in [1.82, 2.24) is 9.80 Å². The van der Waals surface area contributed by atoms with Crippen LogP contribution in [0.15, 0.2) is 42.5 Å². The van der Waals surface area contributed by atoms with Crippen molar-refractivity contribution in [2.45, 2.75) is 64.1 Å². The number of halogens is 2. The topological polar surface area (TPSA) is 75.9 Å². The van der Waals surface area contributed by atoms with Gasteiger partial charge in [-0.05, 0) is 92.9 Å². The van der Waals surface area contributed by atoms with Crippen molar-refractivity contribution in [2.24, 2.45) is 11.7 Å². The molecule has 0 saturated carbocycles. The first-order valence-electron chi connectivity index (χ1n) is 13.8. The Morgan fingerprint density at radius 3 is 2.26 bits per heavy atom. The van der Waals surface area contributed by atoms with Crippen molar-refractivity contribution < 1.29 is 23.1 Å². The number of hydrogen-bond donors (Lipinski definition) is 1. The molecule has 4 rings (SSSR count). The van der Waals surface area contributed by atoms with Crippen LogP contribution in [0, 0.1) is 11.7 Å². The van der Waals surface area contributed by atoms with Crippen LogP contribution in [0.5, 0.6) is 5.75 Å². The quantitative estimate of drug-likeness (QED) is 0.461. The van der Waals surface area contributed by atoms with E-state index in [9.17, 15) is 18.4 Å². The Kier molecular flexibility index (Phi) is 9.03. The van der Waals surface area contributed by atoms with Gasteiger partial charge in [0.25, 0.3) is 5.91 Å². The summed E-state index contributed by atoms with van der Waals surface area (Å²) >= 11 is 0. The number of carbonyl (C=O) groups excluding carboxylic acids is 2. The highest BCUT2D eigenvalue weighted by Crippen LogP contribution is 2.28. The van der Waals surface area contributed by atoms with E-state index in [0.717, 1.165) is 37.2 Å². The molecular formula is C30H39F2N3O3. The highest BCUT2D eigenvalue weighted by Gasteiger charge is 2.34. The highest BCUT2D eigenvalue weighted by molar-refractivity contribution is 5.98. The molecule has 6 nitrogen and oxygen atoms in total. The van der Waals surface area contributed by atoms with Gasteiger partial charge in [0.15, 0.2) is 0 Å². The van der Waals surface area contributed by atoms with Crippen molar-refractivity contribution in [3.05, 3.63) is 53.8 Å². The Hall–Kier alpha value is -3.00. The first-order valence-corrected chi connectivity index (χ1v) is 13.8. The molecule has 206 valence electrons. The lowest BCUT2D eigenvalue weighted by molar-refractivity contribution is -0.121. The van der Waals surface area contributed by atoms with Crippen LogP contribution in [0.4, 0.5) is 8.78 Å². The molecule has 2 aromatic carbocycles. The van der Waals surface area contributed by atoms with Crippen molar-refractivity contribution in [1.29, 1.82) is 0 Å². The molecule has 1 unspecified atom stereocenters. The van der Waals surface area contributed by atoms with Crippen LogP contribution in [0.25, 0.3) is 11.1 Å². The number of likely N-dealkylation sites (tertiary alicyclic amines) is 2. The number of rotatable bonds is 10. The first-order chi connectivity index (χ1) is 18.2. The SMILES string of the molecule is CCC(F)(CC)CN1CCC(COc2ccc(-c3ccc(C(=O)N4CCCC4C(N)=O)c(F)c3)cc2)CC1. The normalized spacial score (nSPS) is 19.1. The zero-order valence-electron chi connectivity index (χ0n) is 22.4. The van der Waals surface area contributed by atoms with Crippen LogP contribution < -0.4 is 10.5 Å². The van der Waals surface area contributed by atoms with E-state index < -0.39 is 29.3 Å². The third-order valence-electron chi connectivity index (χ3n) is 8.20. The minimum atomic E-state index is -1.09. The molecule has 0 aromatic heterocycles. The number of ether oxygens (including phenoxy) is 1. The van der Waals surface area contributed by atoms with E-state index in [2.05, 4.69) is 4.90 Å². The van der Waals surface area contributed by atoms with E-state index in [1.165, 1.54) is 17.0 Å². The average molecular weight is 528 g/mol. The van der Waals surface area contributed by atoms with Gasteiger partial charge in [-0.2, -0.15) is 0 Å². The third-order valence-corrected chi connectivity index (χ3v) is 8.20. The number of hydrogen-bond acceptors (Lipinski definition) is 4. The number of nitrogens with zero attached hydrogens (tertiary/aromatic N) is 2. The molecule has 2 aromatic rings. The summed E-state index contributed by atoms with van der Waals surface area (Å²) in [6.07, 6.45) is 4.25. The molecule has 2 aliphatic heterocycles. The van der Waals surface area contributed by atoms with Crippen LogP contribution in [0.1, 0.15) is 62.7 Å². The summed E-state index contributed by atoms with van der Waals surface area (Å²) in [5, 5.41) is 0. The maximum absolute atomic E-state index is 14.9. The molecule has 2 heterocycles. The average Bonchev–Trinajstić information content (AvgIpc) is 3.43. The Balaban J connectivity index is 1.30. The van der Waals surface area contributed by atoms with Crippen LogP contribution in [0.2, 0.25) is 0 Å². The summed E-state index contributed by atoms with van der Waals surface area (Å²) in [6.45, 7) is 7.14. The van der Waals surface area contributed by atoms with E-state index in [0.29, 0.717) is 56.9 Å². The molecular weight excluding hydrogens is 488 g/mol.